The average molecular weight is 329 g/mol. The van der Waals surface area contributed by atoms with Gasteiger partial charge in [0.2, 0.25) is 11.0 Å². The number of nitrogens with zero attached hydrogens (tertiary/aromatic N) is 2. The largest absolute Gasteiger partial charge is 0.300 e. The van der Waals surface area contributed by atoms with Crippen molar-refractivity contribution in [1.82, 2.24) is 10.2 Å². The summed E-state index contributed by atoms with van der Waals surface area (Å²) in [6.07, 6.45) is 0.742. The minimum absolute atomic E-state index is 0.0401. The molecule has 0 aliphatic rings. The molecule has 3 rings (SSSR count). The first-order chi connectivity index (χ1) is 10.8. The Hall–Kier alpha value is -2.05. The minimum atomic E-state index is -0.172. The summed E-state index contributed by atoms with van der Waals surface area (Å²) >= 11 is 3.01. The summed E-state index contributed by atoms with van der Waals surface area (Å²) in [5.41, 5.74) is 2.06. The van der Waals surface area contributed by atoms with Gasteiger partial charge < -0.3 is 0 Å². The predicted octanol–water partition coefficient (Wildman–Crippen LogP) is 4.40. The second-order valence-corrected chi connectivity index (χ2v) is 6.54. The first kappa shape index (κ1) is 14.9. The van der Waals surface area contributed by atoms with Crippen molar-refractivity contribution in [3.05, 3.63) is 52.7 Å². The van der Waals surface area contributed by atoms with Crippen molar-refractivity contribution in [2.75, 3.05) is 5.32 Å². The van der Waals surface area contributed by atoms with Crippen LogP contribution in [-0.2, 0) is 4.79 Å². The van der Waals surface area contributed by atoms with Gasteiger partial charge in [-0.1, -0.05) is 48.6 Å². The molecule has 1 aromatic carbocycles. The van der Waals surface area contributed by atoms with Gasteiger partial charge in [0.05, 0.1) is 5.92 Å². The van der Waals surface area contributed by atoms with E-state index >= 15 is 0 Å². The maximum atomic E-state index is 12.5. The first-order valence-corrected chi connectivity index (χ1v) is 8.75. The predicted molar refractivity (Wildman–Crippen MR) is 91.3 cm³/mol. The van der Waals surface area contributed by atoms with E-state index in [9.17, 15) is 4.79 Å². The van der Waals surface area contributed by atoms with Gasteiger partial charge in [-0.15, -0.1) is 10.2 Å². The number of amides is 1. The van der Waals surface area contributed by atoms with E-state index in [0.717, 1.165) is 22.6 Å². The van der Waals surface area contributed by atoms with Crippen molar-refractivity contribution in [2.24, 2.45) is 0 Å². The molecule has 1 amide bonds. The van der Waals surface area contributed by atoms with Gasteiger partial charge in [0, 0.05) is 10.9 Å². The number of aromatic nitrogens is 2. The third-order valence-corrected chi connectivity index (χ3v) is 4.92. The molecular weight excluding hydrogens is 314 g/mol. The molecule has 1 atom stereocenters. The molecule has 0 bridgehead atoms. The van der Waals surface area contributed by atoms with Crippen LogP contribution in [-0.4, -0.2) is 16.1 Å². The lowest BCUT2D eigenvalue weighted by Crippen LogP contribution is -2.20. The zero-order valence-corrected chi connectivity index (χ0v) is 13.7. The fourth-order valence-electron chi connectivity index (χ4n) is 2.23. The van der Waals surface area contributed by atoms with Crippen LogP contribution in [0, 0.1) is 0 Å². The Morgan fingerprint density at radius 3 is 2.73 bits per heavy atom. The second kappa shape index (κ2) is 6.81. The van der Waals surface area contributed by atoms with Crippen molar-refractivity contribution in [1.29, 1.82) is 0 Å². The molecule has 2 aromatic heterocycles. The van der Waals surface area contributed by atoms with E-state index in [1.54, 1.807) is 11.3 Å². The first-order valence-electron chi connectivity index (χ1n) is 7.00. The highest BCUT2D eigenvalue weighted by molar-refractivity contribution is 7.19. The monoisotopic (exact) mass is 329 g/mol. The van der Waals surface area contributed by atoms with Crippen molar-refractivity contribution in [3.63, 3.8) is 0 Å². The maximum absolute atomic E-state index is 12.5. The van der Waals surface area contributed by atoms with Crippen molar-refractivity contribution in [2.45, 2.75) is 19.3 Å². The van der Waals surface area contributed by atoms with E-state index in [0.29, 0.717) is 5.13 Å². The van der Waals surface area contributed by atoms with E-state index in [4.69, 9.17) is 0 Å². The zero-order chi connectivity index (χ0) is 15.4. The lowest BCUT2D eigenvalue weighted by Gasteiger charge is -2.13. The number of thiophene rings is 1. The highest BCUT2D eigenvalue weighted by Gasteiger charge is 2.20. The van der Waals surface area contributed by atoms with Crippen molar-refractivity contribution >= 4 is 33.7 Å². The highest BCUT2D eigenvalue weighted by Crippen LogP contribution is 2.29. The van der Waals surface area contributed by atoms with Gasteiger partial charge in [0.1, 0.15) is 5.01 Å². The van der Waals surface area contributed by atoms with E-state index in [1.807, 2.05) is 54.1 Å². The number of carbonyl (C=O) groups is 1. The van der Waals surface area contributed by atoms with Crippen LogP contribution in [0.2, 0.25) is 0 Å². The molecule has 0 saturated heterocycles. The van der Waals surface area contributed by atoms with Crippen molar-refractivity contribution < 1.29 is 4.79 Å². The topological polar surface area (TPSA) is 54.9 Å². The van der Waals surface area contributed by atoms with Crippen LogP contribution >= 0.6 is 22.7 Å². The van der Waals surface area contributed by atoms with Gasteiger partial charge in [0.25, 0.3) is 0 Å². The summed E-state index contributed by atoms with van der Waals surface area (Å²) in [5, 5.41) is 16.5. The summed E-state index contributed by atoms with van der Waals surface area (Å²) in [5.74, 6) is -0.212. The third-order valence-electron chi connectivity index (χ3n) is 3.35. The molecule has 112 valence electrons. The summed E-state index contributed by atoms with van der Waals surface area (Å²) in [7, 11) is 0. The number of nitrogens with one attached hydrogen (secondary N) is 1. The molecule has 1 N–H and O–H groups in total. The molecule has 3 aromatic rings. The molecular formula is C16H15N3OS2. The van der Waals surface area contributed by atoms with E-state index in [-0.39, 0.29) is 11.8 Å². The molecule has 0 spiro atoms. The van der Waals surface area contributed by atoms with Crippen LogP contribution < -0.4 is 5.32 Å². The molecule has 0 radical (unpaired) electrons. The molecule has 0 aliphatic carbocycles. The lowest BCUT2D eigenvalue weighted by atomic mass is 9.96. The summed E-state index contributed by atoms with van der Waals surface area (Å²) < 4.78 is 0. The quantitative estimate of drug-likeness (QED) is 0.755. The molecule has 0 saturated carbocycles. The number of benzene rings is 1. The summed E-state index contributed by atoms with van der Waals surface area (Å²) in [6, 6.07) is 11.8. The molecule has 2 heterocycles. The average Bonchev–Trinajstić information content (AvgIpc) is 3.20. The molecule has 0 fully saturated rings. The summed E-state index contributed by atoms with van der Waals surface area (Å²) in [6.45, 7) is 2.01. The molecule has 4 nitrogen and oxygen atoms in total. The zero-order valence-electron chi connectivity index (χ0n) is 12.0. The number of anilines is 1. The third kappa shape index (κ3) is 3.23. The molecule has 22 heavy (non-hydrogen) atoms. The van der Waals surface area contributed by atoms with E-state index < -0.39 is 0 Å². The SMILES string of the molecule is CCC(C(=O)Nc1nnc(-c2ccsc2)s1)c1ccccc1. The number of hydrogen-bond donors (Lipinski definition) is 1. The molecule has 6 heteroatoms. The Labute approximate surface area is 136 Å². The van der Waals surface area contributed by atoms with Crippen LogP contribution in [0.5, 0.6) is 0 Å². The smallest absolute Gasteiger partial charge is 0.233 e. The maximum Gasteiger partial charge on any atom is 0.233 e. The van der Waals surface area contributed by atoms with Crippen LogP contribution in [0.25, 0.3) is 10.6 Å². The van der Waals surface area contributed by atoms with E-state index in [2.05, 4.69) is 15.5 Å². The standard InChI is InChI=1S/C16H15N3OS2/c1-2-13(11-6-4-3-5-7-11)14(20)17-16-19-18-15(22-16)12-8-9-21-10-12/h3-10,13H,2H2,1H3,(H,17,19,20). The number of hydrogen-bond acceptors (Lipinski definition) is 5. The number of carbonyl (C=O) groups excluding carboxylic acids is 1. The highest BCUT2D eigenvalue weighted by atomic mass is 32.1. The minimum Gasteiger partial charge on any atom is -0.300 e. The lowest BCUT2D eigenvalue weighted by molar-refractivity contribution is -0.117. The summed E-state index contributed by atoms with van der Waals surface area (Å²) in [4.78, 5) is 12.5. The van der Waals surface area contributed by atoms with Crippen LogP contribution in [0.4, 0.5) is 5.13 Å². The van der Waals surface area contributed by atoms with E-state index in [1.165, 1.54) is 11.3 Å². The Morgan fingerprint density at radius 2 is 2.05 bits per heavy atom. The number of rotatable bonds is 5. The Balaban J connectivity index is 1.73. The Bertz CT molecular complexity index is 738. The van der Waals surface area contributed by atoms with Gasteiger partial charge in [0.15, 0.2) is 0 Å². The second-order valence-electron chi connectivity index (χ2n) is 4.79. The fraction of sp³-hybridized carbons (Fsp3) is 0.188. The Morgan fingerprint density at radius 1 is 1.23 bits per heavy atom. The van der Waals surface area contributed by atoms with Crippen LogP contribution in [0.3, 0.4) is 0 Å². The normalized spacial score (nSPS) is 12.0. The fourth-order valence-corrected chi connectivity index (χ4v) is 3.68. The molecule has 1 unspecified atom stereocenters. The van der Waals surface area contributed by atoms with Gasteiger partial charge in [-0.3, -0.25) is 10.1 Å². The van der Waals surface area contributed by atoms with Crippen molar-refractivity contribution in [3.8, 4) is 10.6 Å². The van der Waals surface area contributed by atoms with Gasteiger partial charge >= 0.3 is 0 Å². The van der Waals surface area contributed by atoms with Crippen LogP contribution in [0.1, 0.15) is 24.8 Å². The van der Waals surface area contributed by atoms with Gasteiger partial charge in [-0.2, -0.15) is 11.3 Å². The van der Waals surface area contributed by atoms with Gasteiger partial charge in [-0.25, -0.2) is 0 Å². The Kier molecular flexibility index (Phi) is 4.60. The van der Waals surface area contributed by atoms with Gasteiger partial charge in [-0.05, 0) is 23.4 Å². The molecule has 0 aliphatic heterocycles. The van der Waals surface area contributed by atoms with Crippen LogP contribution in [0.15, 0.2) is 47.2 Å².